The fourth-order valence-electron chi connectivity index (χ4n) is 2.50. The topological polar surface area (TPSA) is 105 Å². The molecular weight excluding hydrogens is 330 g/mol. The highest BCUT2D eigenvalue weighted by Crippen LogP contribution is 2.16. The third kappa shape index (κ3) is 3.59. The van der Waals surface area contributed by atoms with E-state index >= 15 is 0 Å². The zero-order valence-electron chi connectivity index (χ0n) is 14.2. The van der Waals surface area contributed by atoms with E-state index in [0.717, 1.165) is 23.0 Å². The summed E-state index contributed by atoms with van der Waals surface area (Å²) in [6.45, 7) is 2.59. The van der Waals surface area contributed by atoms with Crippen LogP contribution in [-0.2, 0) is 6.42 Å². The molecule has 0 saturated heterocycles. The lowest BCUT2D eigenvalue weighted by atomic mass is 10.3. The Kier molecular flexibility index (Phi) is 4.38. The Morgan fingerprint density at radius 3 is 2.85 bits per heavy atom. The molecule has 0 bridgehead atoms. The van der Waals surface area contributed by atoms with Gasteiger partial charge >= 0.3 is 0 Å². The SMILES string of the molecule is Cc1cc(NCCc2nc(-c3ccco3)n[nH]2)nc(-c2ccccn2)n1. The smallest absolute Gasteiger partial charge is 0.216 e. The monoisotopic (exact) mass is 347 g/mol. The van der Waals surface area contributed by atoms with Gasteiger partial charge in [0.05, 0.1) is 6.26 Å². The lowest BCUT2D eigenvalue weighted by molar-refractivity contribution is 0.577. The van der Waals surface area contributed by atoms with Gasteiger partial charge in [0.2, 0.25) is 5.82 Å². The van der Waals surface area contributed by atoms with Crippen LogP contribution in [0.15, 0.2) is 53.3 Å². The zero-order chi connectivity index (χ0) is 17.8. The van der Waals surface area contributed by atoms with Crippen LogP contribution in [0.4, 0.5) is 5.82 Å². The maximum Gasteiger partial charge on any atom is 0.216 e. The van der Waals surface area contributed by atoms with Crippen molar-refractivity contribution in [2.24, 2.45) is 0 Å². The van der Waals surface area contributed by atoms with Crippen molar-refractivity contribution in [3.8, 4) is 23.1 Å². The summed E-state index contributed by atoms with van der Waals surface area (Å²) < 4.78 is 5.29. The average Bonchev–Trinajstić information content (AvgIpc) is 3.34. The van der Waals surface area contributed by atoms with E-state index in [1.807, 2.05) is 43.3 Å². The summed E-state index contributed by atoms with van der Waals surface area (Å²) in [5, 5.41) is 10.4. The van der Waals surface area contributed by atoms with Gasteiger partial charge in [-0.1, -0.05) is 6.07 Å². The summed E-state index contributed by atoms with van der Waals surface area (Å²) >= 11 is 0. The third-order valence-electron chi connectivity index (χ3n) is 3.69. The quantitative estimate of drug-likeness (QED) is 0.552. The fraction of sp³-hybridized carbons (Fsp3) is 0.167. The molecule has 4 aromatic rings. The van der Waals surface area contributed by atoms with E-state index in [2.05, 4.69) is 35.5 Å². The maximum atomic E-state index is 5.29. The molecule has 0 amide bonds. The van der Waals surface area contributed by atoms with E-state index in [0.29, 0.717) is 30.4 Å². The fourth-order valence-corrected chi connectivity index (χ4v) is 2.50. The normalized spacial score (nSPS) is 10.8. The van der Waals surface area contributed by atoms with Crippen molar-refractivity contribution in [1.82, 2.24) is 30.1 Å². The van der Waals surface area contributed by atoms with Crippen molar-refractivity contribution < 1.29 is 4.42 Å². The number of nitrogens with one attached hydrogen (secondary N) is 2. The van der Waals surface area contributed by atoms with Gasteiger partial charge in [0, 0.05) is 30.9 Å². The Labute approximate surface area is 149 Å². The van der Waals surface area contributed by atoms with Crippen LogP contribution in [0.2, 0.25) is 0 Å². The Morgan fingerprint density at radius 2 is 2.04 bits per heavy atom. The number of anilines is 1. The van der Waals surface area contributed by atoms with Crippen LogP contribution in [0.1, 0.15) is 11.5 Å². The van der Waals surface area contributed by atoms with E-state index in [1.165, 1.54) is 0 Å². The molecule has 26 heavy (non-hydrogen) atoms. The summed E-state index contributed by atoms with van der Waals surface area (Å²) in [6.07, 6.45) is 4.01. The molecule has 4 rings (SSSR count). The molecule has 130 valence electrons. The van der Waals surface area contributed by atoms with Crippen molar-refractivity contribution in [3.63, 3.8) is 0 Å². The van der Waals surface area contributed by atoms with E-state index in [1.54, 1.807) is 12.5 Å². The standard InChI is InChI=1S/C18H17N7O/c1-12-11-16(23-17(21-12)13-5-2-3-8-19-13)20-9-7-15-22-18(25-24-15)14-6-4-10-26-14/h2-6,8,10-11H,7,9H2,1H3,(H,20,21,23)(H,22,24,25). The van der Waals surface area contributed by atoms with Crippen LogP contribution in [0.25, 0.3) is 23.1 Å². The second-order valence-corrected chi connectivity index (χ2v) is 5.69. The van der Waals surface area contributed by atoms with Gasteiger partial charge in [-0.15, -0.1) is 0 Å². The molecule has 0 radical (unpaired) electrons. The molecule has 0 atom stereocenters. The summed E-state index contributed by atoms with van der Waals surface area (Å²) in [4.78, 5) is 17.7. The van der Waals surface area contributed by atoms with Gasteiger partial charge in [-0.2, -0.15) is 5.10 Å². The molecule has 0 saturated carbocycles. The predicted molar refractivity (Wildman–Crippen MR) is 96.3 cm³/mol. The van der Waals surface area contributed by atoms with E-state index in [9.17, 15) is 0 Å². The molecule has 0 fully saturated rings. The first kappa shape index (κ1) is 15.9. The van der Waals surface area contributed by atoms with Gasteiger partial charge in [0.15, 0.2) is 11.6 Å². The Bertz CT molecular complexity index is 980. The number of aromatic amines is 1. The van der Waals surface area contributed by atoms with E-state index in [-0.39, 0.29) is 0 Å². The number of aryl methyl sites for hydroxylation is 1. The number of rotatable bonds is 6. The molecule has 0 unspecified atom stereocenters. The first-order valence-electron chi connectivity index (χ1n) is 8.24. The van der Waals surface area contributed by atoms with Gasteiger partial charge in [-0.25, -0.2) is 15.0 Å². The number of pyridine rings is 1. The Morgan fingerprint density at radius 1 is 1.08 bits per heavy atom. The lowest BCUT2D eigenvalue weighted by Gasteiger charge is -2.07. The van der Waals surface area contributed by atoms with Gasteiger partial charge in [-0.05, 0) is 31.2 Å². The van der Waals surface area contributed by atoms with Crippen LogP contribution < -0.4 is 5.32 Å². The molecule has 0 spiro atoms. The molecule has 0 aliphatic heterocycles. The zero-order valence-corrected chi connectivity index (χ0v) is 14.2. The molecule has 8 heteroatoms. The minimum absolute atomic E-state index is 0.556. The summed E-state index contributed by atoms with van der Waals surface area (Å²) in [5.41, 5.74) is 1.63. The molecule has 8 nitrogen and oxygen atoms in total. The van der Waals surface area contributed by atoms with Crippen molar-refractivity contribution in [2.45, 2.75) is 13.3 Å². The van der Waals surface area contributed by atoms with E-state index < -0.39 is 0 Å². The van der Waals surface area contributed by atoms with Gasteiger partial charge in [-0.3, -0.25) is 10.1 Å². The second kappa shape index (κ2) is 7.14. The van der Waals surface area contributed by atoms with Gasteiger partial charge in [0.1, 0.15) is 17.3 Å². The van der Waals surface area contributed by atoms with Gasteiger partial charge < -0.3 is 9.73 Å². The molecule has 0 aliphatic rings. The minimum Gasteiger partial charge on any atom is -0.461 e. The summed E-state index contributed by atoms with van der Waals surface area (Å²) in [5.74, 6) is 3.34. The molecule has 4 aromatic heterocycles. The number of H-pyrrole nitrogens is 1. The van der Waals surface area contributed by atoms with Crippen LogP contribution in [0.3, 0.4) is 0 Å². The average molecular weight is 347 g/mol. The summed E-state index contributed by atoms with van der Waals surface area (Å²) in [6, 6.07) is 11.2. The van der Waals surface area contributed by atoms with Crippen molar-refractivity contribution in [2.75, 3.05) is 11.9 Å². The van der Waals surface area contributed by atoms with Crippen molar-refractivity contribution in [3.05, 3.63) is 60.4 Å². The second-order valence-electron chi connectivity index (χ2n) is 5.69. The van der Waals surface area contributed by atoms with Gasteiger partial charge in [0.25, 0.3) is 0 Å². The highest BCUT2D eigenvalue weighted by molar-refractivity contribution is 5.52. The van der Waals surface area contributed by atoms with E-state index in [4.69, 9.17) is 4.42 Å². The molecule has 2 N–H and O–H groups in total. The number of hydrogen-bond acceptors (Lipinski definition) is 7. The number of aromatic nitrogens is 6. The minimum atomic E-state index is 0.556. The number of hydrogen-bond donors (Lipinski definition) is 2. The first-order valence-corrected chi connectivity index (χ1v) is 8.24. The highest BCUT2D eigenvalue weighted by Gasteiger charge is 2.09. The highest BCUT2D eigenvalue weighted by atomic mass is 16.3. The largest absolute Gasteiger partial charge is 0.461 e. The number of furan rings is 1. The van der Waals surface area contributed by atoms with Crippen LogP contribution in [-0.4, -0.2) is 36.7 Å². The predicted octanol–water partition coefficient (Wildman–Crippen LogP) is 2.88. The molecule has 0 aromatic carbocycles. The maximum absolute atomic E-state index is 5.29. The summed E-state index contributed by atoms with van der Waals surface area (Å²) in [7, 11) is 0. The number of nitrogens with zero attached hydrogens (tertiary/aromatic N) is 5. The van der Waals surface area contributed by atoms with Crippen LogP contribution in [0, 0.1) is 6.92 Å². The van der Waals surface area contributed by atoms with Crippen molar-refractivity contribution in [1.29, 1.82) is 0 Å². The molecule has 0 aliphatic carbocycles. The first-order chi connectivity index (χ1) is 12.8. The van der Waals surface area contributed by atoms with Crippen molar-refractivity contribution >= 4 is 5.82 Å². The third-order valence-corrected chi connectivity index (χ3v) is 3.69. The Balaban J connectivity index is 1.41. The molecular formula is C18H17N7O. The van der Waals surface area contributed by atoms with Crippen LogP contribution in [0.5, 0.6) is 0 Å². The lowest BCUT2D eigenvalue weighted by Crippen LogP contribution is -2.09. The molecule has 4 heterocycles. The van der Waals surface area contributed by atoms with Crippen LogP contribution >= 0.6 is 0 Å². The Hall–Kier alpha value is -3.55.